The summed E-state index contributed by atoms with van der Waals surface area (Å²) in [5.74, 6) is -0.189. The molecule has 0 radical (unpaired) electrons. The molecule has 0 spiro atoms. The second kappa shape index (κ2) is 7.22. The van der Waals surface area contributed by atoms with Crippen LogP contribution in [0.15, 0.2) is 5.16 Å². The molecule has 0 saturated carbocycles. The van der Waals surface area contributed by atoms with E-state index in [0.29, 0.717) is 30.9 Å². The Kier molecular flexibility index (Phi) is 5.93. The summed E-state index contributed by atoms with van der Waals surface area (Å²) >= 11 is 1.15. The van der Waals surface area contributed by atoms with Crippen molar-refractivity contribution in [3.05, 3.63) is 0 Å². The smallest absolute Gasteiger partial charge is 0.313 e. The predicted molar refractivity (Wildman–Crippen MR) is 69.1 cm³/mol. The summed E-state index contributed by atoms with van der Waals surface area (Å²) in [4.78, 5) is 12.4. The van der Waals surface area contributed by atoms with Gasteiger partial charge in [0.1, 0.15) is 0 Å². The van der Waals surface area contributed by atoms with Crippen LogP contribution < -0.4 is 4.90 Å². The minimum atomic E-state index is -0.866. The lowest BCUT2D eigenvalue weighted by Gasteiger charge is -2.17. The number of hydrogen-bond acceptors (Lipinski definition) is 6. The quantitative estimate of drug-likeness (QED) is 0.545. The predicted octanol–water partition coefficient (Wildman–Crippen LogP) is 0.464. The number of ether oxygens (including phenoxy) is 1. The van der Waals surface area contributed by atoms with Crippen molar-refractivity contribution in [2.75, 3.05) is 37.5 Å². The van der Waals surface area contributed by atoms with Gasteiger partial charge in [-0.05, 0) is 6.92 Å². The molecule has 0 saturated heterocycles. The second-order valence-corrected chi connectivity index (χ2v) is 4.58. The van der Waals surface area contributed by atoms with Crippen LogP contribution in [0.1, 0.15) is 6.92 Å². The number of carbonyl (C=O) groups is 1. The molecule has 1 rings (SSSR count). The third-order valence-corrected chi connectivity index (χ3v) is 3.26. The van der Waals surface area contributed by atoms with Crippen molar-refractivity contribution in [3.8, 4) is 0 Å². The van der Waals surface area contributed by atoms with Crippen molar-refractivity contribution in [2.45, 2.75) is 12.1 Å². The number of thioether (sulfide) groups is 1. The lowest BCUT2D eigenvalue weighted by Crippen LogP contribution is -2.25. The molecule has 0 amide bonds. The van der Waals surface area contributed by atoms with Crippen molar-refractivity contribution >= 4 is 23.7 Å². The summed E-state index contributed by atoms with van der Waals surface area (Å²) in [5.41, 5.74) is 0. The normalized spacial score (nSPS) is 10.6. The van der Waals surface area contributed by atoms with Gasteiger partial charge in [-0.25, -0.2) is 0 Å². The summed E-state index contributed by atoms with van der Waals surface area (Å²) < 4.78 is 7.05. The standard InChI is InChI=1S/C10H18N4O3S/c1-4-17-6-5-13(2)9-11-12-10(14(9)3)18-7-8(15)16/h4-7H2,1-3H3,(H,15,16). The minimum Gasteiger partial charge on any atom is -0.481 e. The fourth-order valence-corrected chi connectivity index (χ4v) is 1.96. The Labute approximate surface area is 110 Å². The largest absolute Gasteiger partial charge is 0.481 e. The molecule has 7 nitrogen and oxygen atoms in total. The molecule has 1 N–H and O–H groups in total. The van der Waals surface area contributed by atoms with Crippen LogP contribution in [0.2, 0.25) is 0 Å². The second-order valence-electron chi connectivity index (χ2n) is 3.64. The van der Waals surface area contributed by atoms with Gasteiger partial charge >= 0.3 is 5.97 Å². The summed E-state index contributed by atoms with van der Waals surface area (Å²) in [6, 6.07) is 0. The van der Waals surface area contributed by atoms with Crippen molar-refractivity contribution in [1.29, 1.82) is 0 Å². The Balaban J connectivity index is 2.58. The number of anilines is 1. The third kappa shape index (κ3) is 4.19. The first kappa shape index (κ1) is 14.8. The Morgan fingerprint density at radius 1 is 1.56 bits per heavy atom. The van der Waals surface area contributed by atoms with Gasteiger partial charge in [-0.2, -0.15) is 0 Å². The van der Waals surface area contributed by atoms with Crippen LogP contribution in [0.25, 0.3) is 0 Å². The van der Waals surface area contributed by atoms with Crippen molar-refractivity contribution in [1.82, 2.24) is 14.8 Å². The van der Waals surface area contributed by atoms with Crippen LogP contribution in [0.3, 0.4) is 0 Å². The fraction of sp³-hybridized carbons (Fsp3) is 0.700. The van der Waals surface area contributed by atoms with Gasteiger partial charge in [-0.1, -0.05) is 11.8 Å². The molecular formula is C10H18N4O3S. The van der Waals surface area contributed by atoms with Gasteiger partial charge in [0.2, 0.25) is 5.95 Å². The first-order valence-electron chi connectivity index (χ1n) is 5.59. The lowest BCUT2D eigenvalue weighted by molar-refractivity contribution is -0.133. The van der Waals surface area contributed by atoms with Gasteiger partial charge in [-0.3, -0.25) is 9.36 Å². The van der Waals surface area contributed by atoms with Crippen LogP contribution in [0.4, 0.5) is 5.95 Å². The van der Waals surface area contributed by atoms with Crippen LogP contribution >= 0.6 is 11.8 Å². The number of carboxylic acids is 1. The summed E-state index contributed by atoms with van der Waals surface area (Å²) in [5, 5.41) is 17.2. The summed E-state index contributed by atoms with van der Waals surface area (Å²) in [6.45, 7) is 3.97. The molecule has 0 atom stereocenters. The summed E-state index contributed by atoms with van der Waals surface area (Å²) in [7, 11) is 3.71. The minimum absolute atomic E-state index is 0.0192. The number of hydrogen-bond donors (Lipinski definition) is 1. The average molecular weight is 274 g/mol. The summed E-state index contributed by atoms with van der Waals surface area (Å²) in [6.07, 6.45) is 0. The highest BCUT2D eigenvalue weighted by molar-refractivity contribution is 7.99. The van der Waals surface area contributed by atoms with Crippen LogP contribution in [-0.4, -0.2) is 58.4 Å². The maximum Gasteiger partial charge on any atom is 0.313 e. The van der Waals surface area contributed by atoms with Crippen LogP contribution in [0, 0.1) is 0 Å². The van der Waals surface area contributed by atoms with Gasteiger partial charge in [0.25, 0.3) is 0 Å². The molecule has 0 unspecified atom stereocenters. The van der Waals surface area contributed by atoms with E-state index in [9.17, 15) is 4.79 Å². The van der Waals surface area contributed by atoms with E-state index in [1.807, 2.05) is 25.9 Å². The zero-order chi connectivity index (χ0) is 13.5. The number of aromatic nitrogens is 3. The van der Waals surface area contributed by atoms with Crippen molar-refractivity contribution < 1.29 is 14.6 Å². The fourth-order valence-electron chi connectivity index (χ4n) is 1.34. The molecule has 0 aliphatic heterocycles. The highest BCUT2D eigenvalue weighted by atomic mass is 32.2. The Bertz CT molecular complexity index is 396. The monoisotopic (exact) mass is 274 g/mol. The van der Waals surface area contributed by atoms with Crippen LogP contribution in [0.5, 0.6) is 0 Å². The zero-order valence-corrected chi connectivity index (χ0v) is 11.6. The van der Waals surface area contributed by atoms with Crippen LogP contribution in [-0.2, 0) is 16.6 Å². The SMILES string of the molecule is CCOCCN(C)c1nnc(SCC(=O)O)n1C. The van der Waals surface area contributed by atoms with E-state index < -0.39 is 5.97 Å². The van der Waals surface area contributed by atoms with Gasteiger partial charge in [-0.15, -0.1) is 10.2 Å². The molecule has 102 valence electrons. The molecule has 0 fully saturated rings. The molecule has 1 aromatic heterocycles. The molecule has 0 aliphatic carbocycles. The Hall–Kier alpha value is -1.28. The van der Waals surface area contributed by atoms with Gasteiger partial charge in [0, 0.05) is 27.2 Å². The molecule has 0 aromatic carbocycles. The van der Waals surface area contributed by atoms with E-state index in [2.05, 4.69) is 10.2 Å². The maximum atomic E-state index is 10.5. The van der Waals surface area contributed by atoms with E-state index in [4.69, 9.17) is 9.84 Å². The van der Waals surface area contributed by atoms with E-state index in [1.165, 1.54) is 0 Å². The Morgan fingerprint density at radius 2 is 2.28 bits per heavy atom. The molecule has 8 heteroatoms. The van der Waals surface area contributed by atoms with E-state index >= 15 is 0 Å². The number of likely N-dealkylation sites (N-methyl/N-ethyl adjacent to an activating group) is 1. The van der Waals surface area contributed by atoms with Crippen molar-refractivity contribution in [3.63, 3.8) is 0 Å². The molecule has 18 heavy (non-hydrogen) atoms. The maximum absolute atomic E-state index is 10.5. The number of nitrogens with zero attached hydrogens (tertiary/aromatic N) is 4. The first-order valence-corrected chi connectivity index (χ1v) is 6.57. The Morgan fingerprint density at radius 3 is 2.89 bits per heavy atom. The molecule has 1 heterocycles. The molecule has 1 aromatic rings. The highest BCUT2D eigenvalue weighted by Gasteiger charge is 2.13. The van der Waals surface area contributed by atoms with Gasteiger partial charge in [0.05, 0.1) is 12.4 Å². The number of rotatable bonds is 8. The number of aliphatic carboxylic acids is 1. The lowest BCUT2D eigenvalue weighted by atomic mass is 10.6. The third-order valence-electron chi connectivity index (χ3n) is 2.25. The number of carboxylic acid groups (broad SMARTS) is 1. The van der Waals surface area contributed by atoms with E-state index in [0.717, 1.165) is 11.8 Å². The van der Waals surface area contributed by atoms with Gasteiger partial charge in [0.15, 0.2) is 5.16 Å². The first-order chi connectivity index (χ1) is 8.56. The molecular weight excluding hydrogens is 256 g/mol. The highest BCUT2D eigenvalue weighted by Crippen LogP contribution is 2.19. The topological polar surface area (TPSA) is 80.5 Å². The average Bonchev–Trinajstić information content (AvgIpc) is 2.68. The van der Waals surface area contributed by atoms with E-state index in [1.54, 1.807) is 4.57 Å². The van der Waals surface area contributed by atoms with Crippen molar-refractivity contribution in [2.24, 2.45) is 7.05 Å². The zero-order valence-electron chi connectivity index (χ0n) is 10.8. The molecule has 0 bridgehead atoms. The van der Waals surface area contributed by atoms with E-state index in [-0.39, 0.29) is 5.75 Å². The van der Waals surface area contributed by atoms with Gasteiger partial charge < -0.3 is 14.7 Å². The molecule has 0 aliphatic rings.